The van der Waals surface area contributed by atoms with Crippen LogP contribution in [0.15, 0.2) is 48.5 Å². The van der Waals surface area contributed by atoms with Crippen molar-refractivity contribution < 1.29 is 9.18 Å². The molecule has 0 spiro atoms. The van der Waals surface area contributed by atoms with E-state index in [0.717, 1.165) is 24.9 Å². The molecule has 0 fully saturated rings. The molecule has 3 rings (SSSR count). The zero-order chi connectivity index (χ0) is 19.4. The van der Waals surface area contributed by atoms with Crippen molar-refractivity contribution in [2.24, 2.45) is 0 Å². The number of anilines is 1. The minimum Gasteiger partial charge on any atom is -0.383 e. The van der Waals surface area contributed by atoms with Gasteiger partial charge in [-0.05, 0) is 69.4 Å². The van der Waals surface area contributed by atoms with E-state index in [1.54, 1.807) is 18.2 Å². The first-order chi connectivity index (χ1) is 13.0. The van der Waals surface area contributed by atoms with Gasteiger partial charge in [0, 0.05) is 11.1 Å². The number of carbonyl (C=O) groups is 1. The van der Waals surface area contributed by atoms with Gasteiger partial charge in [-0.25, -0.2) is 4.39 Å². The number of nitrogens with two attached hydrogens (primary N) is 1. The van der Waals surface area contributed by atoms with Crippen molar-refractivity contribution in [3.05, 3.63) is 71.0 Å². The van der Waals surface area contributed by atoms with Gasteiger partial charge >= 0.3 is 0 Å². The number of benzene rings is 2. The molecule has 0 unspecified atom stereocenters. The number of hydrogen-bond acceptors (Lipinski definition) is 4. The van der Waals surface area contributed by atoms with Crippen LogP contribution in [-0.2, 0) is 6.42 Å². The molecule has 0 aliphatic rings. The normalized spacial score (nSPS) is 11.1. The second-order valence-corrected chi connectivity index (χ2v) is 6.80. The molecule has 0 radical (unpaired) electrons. The fraction of sp³-hybridized carbons (Fsp3) is 0.238. The Morgan fingerprint density at radius 1 is 1.19 bits per heavy atom. The first-order valence-electron chi connectivity index (χ1n) is 8.84. The second kappa shape index (κ2) is 8.14. The number of nitrogens with zero attached hydrogens (tertiary/aromatic N) is 2. The summed E-state index contributed by atoms with van der Waals surface area (Å²) in [4.78, 5) is 15.2. The predicted octanol–water partition coefficient (Wildman–Crippen LogP) is 3.52. The van der Waals surface area contributed by atoms with Crippen LogP contribution in [-0.4, -0.2) is 41.5 Å². The third-order valence-electron chi connectivity index (χ3n) is 4.40. The van der Waals surface area contributed by atoms with Gasteiger partial charge in [0.2, 0.25) is 0 Å². The fourth-order valence-electron chi connectivity index (χ4n) is 3.01. The fourth-order valence-corrected chi connectivity index (χ4v) is 3.01. The summed E-state index contributed by atoms with van der Waals surface area (Å²) in [5, 5.41) is 6.82. The summed E-state index contributed by atoms with van der Waals surface area (Å²) in [6.45, 7) is 0.988. The van der Waals surface area contributed by atoms with E-state index < -0.39 is 0 Å². The zero-order valence-corrected chi connectivity index (χ0v) is 15.5. The van der Waals surface area contributed by atoms with Crippen LogP contribution in [0.25, 0.3) is 11.3 Å². The largest absolute Gasteiger partial charge is 0.383 e. The monoisotopic (exact) mass is 366 g/mol. The van der Waals surface area contributed by atoms with Crippen molar-refractivity contribution >= 4 is 11.6 Å². The van der Waals surface area contributed by atoms with E-state index >= 15 is 0 Å². The summed E-state index contributed by atoms with van der Waals surface area (Å²) < 4.78 is 13.2. The molecule has 0 atom stereocenters. The van der Waals surface area contributed by atoms with Gasteiger partial charge in [-0.15, -0.1) is 0 Å². The number of nitrogen functional groups attached to an aromatic ring is 1. The van der Waals surface area contributed by atoms with E-state index in [0.29, 0.717) is 22.4 Å². The van der Waals surface area contributed by atoms with Gasteiger partial charge in [-0.1, -0.05) is 18.2 Å². The van der Waals surface area contributed by atoms with Crippen molar-refractivity contribution in [1.29, 1.82) is 0 Å². The van der Waals surface area contributed by atoms with Crippen LogP contribution >= 0.6 is 0 Å². The number of carbonyl (C=O) groups excluding carboxylic acids is 1. The van der Waals surface area contributed by atoms with Gasteiger partial charge in [-0.3, -0.25) is 9.89 Å². The second-order valence-electron chi connectivity index (χ2n) is 6.80. The molecule has 0 aliphatic carbocycles. The summed E-state index contributed by atoms with van der Waals surface area (Å²) >= 11 is 0. The van der Waals surface area contributed by atoms with Gasteiger partial charge in [0.05, 0.1) is 5.56 Å². The average molecular weight is 366 g/mol. The lowest BCUT2D eigenvalue weighted by Crippen LogP contribution is -2.13. The van der Waals surface area contributed by atoms with Crippen LogP contribution in [0.4, 0.5) is 10.2 Å². The van der Waals surface area contributed by atoms with E-state index in [-0.39, 0.29) is 17.4 Å². The van der Waals surface area contributed by atoms with Gasteiger partial charge < -0.3 is 10.6 Å². The Bertz CT molecular complexity index is 932. The lowest BCUT2D eigenvalue weighted by atomic mass is 9.97. The first-order valence-corrected chi connectivity index (χ1v) is 8.84. The van der Waals surface area contributed by atoms with Crippen LogP contribution in [0, 0.1) is 5.82 Å². The maximum absolute atomic E-state index is 13.2. The molecule has 0 saturated heterocycles. The molecule has 6 heteroatoms. The van der Waals surface area contributed by atoms with E-state index in [4.69, 9.17) is 5.73 Å². The van der Waals surface area contributed by atoms with E-state index in [1.165, 1.54) is 12.1 Å². The average Bonchev–Trinajstić information content (AvgIpc) is 3.03. The maximum atomic E-state index is 13.2. The molecule has 1 heterocycles. The molecule has 1 aromatic heterocycles. The lowest BCUT2D eigenvalue weighted by molar-refractivity contribution is 0.104. The van der Waals surface area contributed by atoms with E-state index in [1.807, 2.05) is 32.3 Å². The SMILES string of the molecule is CN(C)CCCc1cccc(C(=O)c2c(-c3ccc(F)cc3)n[nH]c2N)c1. The number of hydrogen-bond donors (Lipinski definition) is 2. The molecule has 2 aromatic carbocycles. The Labute approximate surface area is 158 Å². The molecule has 3 aromatic rings. The van der Waals surface area contributed by atoms with Gasteiger partial charge in [0.25, 0.3) is 0 Å². The lowest BCUT2D eigenvalue weighted by Gasteiger charge is -2.10. The minimum absolute atomic E-state index is 0.199. The number of aromatic nitrogens is 2. The topological polar surface area (TPSA) is 75.0 Å². The van der Waals surface area contributed by atoms with E-state index in [2.05, 4.69) is 15.1 Å². The summed E-state index contributed by atoms with van der Waals surface area (Å²) in [7, 11) is 4.08. The number of H-pyrrole nitrogens is 1. The smallest absolute Gasteiger partial charge is 0.199 e. The molecule has 140 valence electrons. The Kier molecular flexibility index (Phi) is 5.66. The van der Waals surface area contributed by atoms with Crippen molar-refractivity contribution in [3.8, 4) is 11.3 Å². The van der Waals surface area contributed by atoms with Crippen molar-refractivity contribution in [3.63, 3.8) is 0 Å². The maximum Gasteiger partial charge on any atom is 0.199 e. The zero-order valence-electron chi connectivity index (χ0n) is 15.5. The number of aromatic amines is 1. The van der Waals surface area contributed by atoms with Crippen molar-refractivity contribution in [1.82, 2.24) is 15.1 Å². The highest BCUT2D eigenvalue weighted by Crippen LogP contribution is 2.28. The minimum atomic E-state index is -0.347. The standard InChI is InChI=1S/C21H23FN4O/c1-26(2)12-4-6-14-5-3-7-16(13-14)20(27)18-19(24-25-21(18)23)15-8-10-17(22)11-9-15/h3,5,7-11,13H,4,6,12H2,1-2H3,(H3,23,24,25). The molecule has 27 heavy (non-hydrogen) atoms. The third kappa shape index (κ3) is 4.41. The Morgan fingerprint density at radius 2 is 1.93 bits per heavy atom. The van der Waals surface area contributed by atoms with Crippen molar-refractivity contribution in [2.75, 3.05) is 26.4 Å². The summed E-state index contributed by atoms with van der Waals surface area (Å²) in [5.74, 6) is -0.340. The number of halogens is 1. The summed E-state index contributed by atoms with van der Waals surface area (Å²) in [6, 6.07) is 13.4. The Morgan fingerprint density at radius 3 is 2.63 bits per heavy atom. The highest BCUT2D eigenvalue weighted by atomic mass is 19.1. The number of rotatable bonds is 7. The number of ketones is 1. The number of nitrogens with one attached hydrogen (secondary N) is 1. The van der Waals surface area contributed by atoms with Crippen LogP contribution in [0.1, 0.15) is 27.9 Å². The summed E-state index contributed by atoms with van der Waals surface area (Å²) in [6.07, 6.45) is 1.91. The van der Waals surface area contributed by atoms with Crippen LogP contribution in [0.5, 0.6) is 0 Å². The molecule has 5 nitrogen and oxygen atoms in total. The molecule has 0 bridgehead atoms. The molecular formula is C21H23FN4O. The van der Waals surface area contributed by atoms with Gasteiger partial charge in [0.1, 0.15) is 17.3 Å². The van der Waals surface area contributed by atoms with Crippen LogP contribution in [0.2, 0.25) is 0 Å². The third-order valence-corrected chi connectivity index (χ3v) is 4.40. The highest BCUT2D eigenvalue weighted by molar-refractivity contribution is 6.15. The molecule has 3 N–H and O–H groups in total. The van der Waals surface area contributed by atoms with Gasteiger partial charge in [0.15, 0.2) is 5.78 Å². The molecule has 0 amide bonds. The van der Waals surface area contributed by atoms with Crippen LogP contribution in [0.3, 0.4) is 0 Å². The molecule has 0 aliphatic heterocycles. The summed E-state index contributed by atoms with van der Waals surface area (Å²) in [5.41, 5.74) is 9.02. The predicted molar refractivity (Wildman–Crippen MR) is 105 cm³/mol. The number of aryl methyl sites for hydroxylation is 1. The highest BCUT2D eigenvalue weighted by Gasteiger charge is 2.21. The Balaban J connectivity index is 1.88. The quantitative estimate of drug-likeness (QED) is 0.628. The van der Waals surface area contributed by atoms with Crippen LogP contribution < -0.4 is 5.73 Å². The van der Waals surface area contributed by atoms with Crippen molar-refractivity contribution in [2.45, 2.75) is 12.8 Å². The first kappa shape index (κ1) is 18.8. The molecular weight excluding hydrogens is 343 g/mol. The van der Waals surface area contributed by atoms with Gasteiger partial charge in [-0.2, -0.15) is 5.10 Å². The van der Waals surface area contributed by atoms with E-state index in [9.17, 15) is 9.18 Å². The Hall–Kier alpha value is -2.99. The molecule has 0 saturated carbocycles.